The number of imide groups is 1. The maximum atomic E-state index is 12.7. The van der Waals surface area contributed by atoms with Gasteiger partial charge in [0, 0.05) is 30.1 Å². The van der Waals surface area contributed by atoms with Gasteiger partial charge in [0.1, 0.15) is 4.70 Å². The normalized spacial score (nSPS) is 14.4. The maximum absolute atomic E-state index is 12.7. The lowest BCUT2D eigenvalue weighted by Crippen LogP contribution is -2.36. The average Bonchev–Trinajstić information content (AvgIpc) is 3.20. The molecule has 0 N–H and O–H groups in total. The molecule has 0 spiro atoms. The molecule has 0 unspecified atom stereocenters. The average molecular weight is 424 g/mol. The molecule has 8 heteroatoms. The Morgan fingerprint density at radius 2 is 2.03 bits per heavy atom. The van der Waals surface area contributed by atoms with E-state index in [1.807, 2.05) is 16.3 Å². The van der Waals surface area contributed by atoms with Crippen molar-refractivity contribution >= 4 is 45.5 Å². The standard InChI is InChI=1S/C22H20N2O5S/c1-2-4-19(27)24(14-25)16-6-3-5-15(11-16)17-13-30-22-18(26)12-20(29-21(17)22)23-7-9-28-10-8-23/h2-6,11-14H,7-10H2,1H3/b4-2-. The monoisotopic (exact) mass is 424 g/mol. The number of carbonyl (C=O) groups is 2. The Bertz CT molecular complexity index is 1170. The molecule has 1 aliphatic heterocycles. The van der Waals surface area contributed by atoms with E-state index in [1.54, 1.807) is 31.2 Å². The molecular formula is C22H20N2O5S. The molecule has 0 saturated carbocycles. The summed E-state index contributed by atoms with van der Waals surface area (Å²) in [5.74, 6) is 0.0883. The van der Waals surface area contributed by atoms with E-state index in [0.29, 0.717) is 54.6 Å². The number of thiophene rings is 1. The van der Waals surface area contributed by atoms with E-state index in [1.165, 1.54) is 23.5 Å². The summed E-state index contributed by atoms with van der Waals surface area (Å²) in [4.78, 5) is 39.4. The molecule has 0 aliphatic carbocycles. The van der Waals surface area contributed by atoms with Crippen molar-refractivity contribution in [1.82, 2.24) is 0 Å². The molecule has 2 aromatic heterocycles. The van der Waals surface area contributed by atoms with Crippen LogP contribution >= 0.6 is 11.3 Å². The second-order valence-corrected chi connectivity index (χ2v) is 7.60. The Morgan fingerprint density at radius 3 is 2.77 bits per heavy atom. The Balaban J connectivity index is 1.78. The van der Waals surface area contributed by atoms with Gasteiger partial charge in [-0.3, -0.25) is 14.4 Å². The van der Waals surface area contributed by atoms with Gasteiger partial charge in [0.15, 0.2) is 11.5 Å². The summed E-state index contributed by atoms with van der Waals surface area (Å²) in [6.07, 6.45) is 3.40. The number of carbonyl (C=O) groups excluding carboxylic acids is 2. The first-order valence-electron chi connectivity index (χ1n) is 9.52. The molecule has 3 aromatic rings. The van der Waals surface area contributed by atoms with Crippen LogP contribution in [0.2, 0.25) is 0 Å². The van der Waals surface area contributed by atoms with Crippen LogP contribution in [0.4, 0.5) is 11.6 Å². The molecule has 7 nitrogen and oxygen atoms in total. The third kappa shape index (κ3) is 3.79. The molecule has 0 atom stereocenters. The summed E-state index contributed by atoms with van der Waals surface area (Å²) in [7, 11) is 0. The lowest BCUT2D eigenvalue weighted by atomic mass is 10.1. The summed E-state index contributed by atoms with van der Waals surface area (Å²) in [5.41, 5.74) is 2.35. The van der Waals surface area contributed by atoms with Crippen LogP contribution in [0.3, 0.4) is 0 Å². The van der Waals surface area contributed by atoms with Gasteiger partial charge in [-0.1, -0.05) is 18.2 Å². The Morgan fingerprint density at radius 1 is 1.23 bits per heavy atom. The third-order valence-electron chi connectivity index (χ3n) is 4.84. The molecule has 0 radical (unpaired) electrons. The van der Waals surface area contributed by atoms with Crippen LogP contribution in [0.1, 0.15) is 6.92 Å². The molecular weight excluding hydrogens is 404 g/mol. The highest BCUT2D eigenvalue weighted by Crippen LogP contribution is 2.36. The first-order valence-corrected chi connectivity index (χ1v) is 10.4. The number of ether oxygens (including phenoxy) is 1. The van der Waals surface area contributed by atoms with E-state index < -0.39 is 5.91 Å². The fourth-order valence-corrected chi connectivity index (χ4v) is 4.27. The number of hydrogen-bond donors (Lipinski definition) is 0. The minimum Gasteiger partial charge on any atom is -0.439 e. The molecule has 30 heavy (non-hydrogen) atoms. The predicted octanol–water partition coefficient (Wildman–Crippen LogP) is 3.42. The van der Waals surface area contributed by atoms with Gasteiger partial charge in [-0.25, -0.2) is 4.90 Å². The molecule has 4 rings (SSSR count). The molecule has 0 bridgehead atoms. The van der Waals surface area contributed by atoms with Crippen LogP contribution in [0, 0.1) is 0 Å². The number of fused-ring (bicyclic) bond motifs is 1. The quantitative estimate of drug-likeness (QED) is 0.461. The Hall–Kier alpha value is -3.23. The molecule has 154 valence electrons. The van der Waals surface area contributed by atoms with Crippen LogP contribution in [0.25, 0.3) is 21.4 Å². The first kappa shape index (κ1) is 20.1. The van der Waals surface area contributed by atoms with E-state index in [9.17, 15) is 14.4 Å². The summed E-state index contributed by atoms with van der Waals surface area (Å²) >= 11 is 1.31. The lowest BCUT2D eigenvalue weighted by Gasteiger charge is -2.27. The van der Waals surface area contributed by atoms with E-state index in [0.717, 1.165) is 16.0 Å². The van der Waals surface area contributed by atoms with Gasteiger partial charge in [0.25, 0.3) is 5.91 Å². The van der Waals surface area contributed by atoms with Crippen molar-refractivity contribution in [2.75, 3.05) is 36.1 Å². The second-order valence-electron chi connectivity index (χ2n) is 6.72. The summed E-state index contributed by atoms with van der Waals surface area (Å²) < 4.78 is 12.0. The minimum absolute atomic E-state index is 0.0945. The van der Waals surface area contributed by atoms with Gasteiger partial charge in [0.2, 0.25) is 11.8 Å². The zero-order chi connectivity index (χ0) is 21.1. The van der Waals surface area contributed by atoms with Gasteiger partial charge in [-0.15, -0.1) is 11.3 Å². The highest BCUT2D eigenvalue weighted by atomic mass is 32.1. The molecule has 1 aromatic carbocycles. The van der Waals surface area contributed by atoms with Crippen molar-refractivity contribution in [3.8, 4) is 11.1 Å². The molecule has 1 fully saturated rings. The number of amides is 2. The van der Waals surface area contributed by atoms with Crippen molar-refractivity contribution < 1.29 is 18.7 Å². The van der Waals surface area contributed by atoms with Gasteiger partial charge < -0.3 is 14.1 Å². The zero-order valence-electron chi connectivity index (χ0n) is 16.4. The molecule has 2 amide bonds. The Labute approximate surface area is 176 Å². The number of morpholine rings is 1. The maximum Gasteiger partial charge on any atom is 0.257 e. The second kappa shape index (κ2) is 8.64. The molecule has 3 heterocycles. The van der Waals surface area contributed by atoms with Crippen molar-refractivity contribution in [2.24, 2.45) is 0 Å². The number of anilines is 2. The van der Waals surface area contributed by atoms with E-state index in [4.69, 9.17) is 9.15 Å². The molecule has 1 aliphatic rings. The summed E-state index contributed by atoms with van der Waals surface area (Å²) in [6, 6.07) is 8.56. The molecule has 1 saturated heterocycles. The smallest absolute Gasteiger partial charge is 0.257 e. The highest BCUT2D eigenvalue weighted by Gasteiger charge is 2.19. The zero-order valence-corrected chi connectivity index (χ0v) is 17.2. The summed E-state index contributed by atoms with van der Waals surface area (Å²) in [6.45, 7) is 4.20. The fourth-order valence-electron chi connectivity index (χ4n) is 3.36. The highest BCUT2D eigenvalue weighted by molar-refractivity contribution is 7.17. The van der Waals surface area contributed by atoms with Crippen molar-refractivity contribution in [2.45, 2.75) is 6.92 Å². The number of benzene rings is 1. The van der Waals surface area contributed by atoms with Gasteiger partial charge >= 0.3 is 0 Å². The number of allylic oxidation sites excluding steroid dienone is 1. The van der Waals surface area contributed by atoms with Crippen LogP contribution in [0.15, 0.2) is 57.1 Å². The van der Waals surface area contributed by atoms with E-state index in [-0.39, 0.29) is 5.43 Å². The van der Waals surface area contributed by atoms with Crippen molar-refractivity contribution in [3.63, 3.8) is 0 Å². The SMILES string of the molecule is C/C=C\C(=O)N(C=O)c1cccc(-c2csc3c(=O)cc(N4CCOCC4)oc23)c1. The van der Waals surface area contributed by atoms with Crippen LogP contribution in [0.5, 0.6) is 0 Å². The van der Waals surface area contributed by atoms with E-state index >= 15 is 0 Å². The Kier molecular flexibility index (Phi) is 5.78. The number of rotatable bonds is 5. The number of nitrogens with zero attached hydrogens (tertiary/aromatic N) is 2. The van der Waals surface area contributed by atoms with Gasteiger partial charge in [-0.2, -0.15) is 0 Å². The van der Waals surface area contributed by atoms with Crippen LogP contribution in [-0.4, -0.2) is 38.6 Å². The fraction of sp³-hybridized carbons (Fsp3) is 0.227. The van der Waals surface area contributed by atoms with Crippen molar-refractivity contribution in [1.29, 1.82) is 0 Å². The minimum atomic E-state index is -0.430. The van der Waals surface area contributed by atoms with Gasteiger partial charge in [0.05, 0.1) is 18.9 Å². The van der Waals surface area contributed by atoms with Crippen molar-refractivity contribution in [3.05, 3.63) is 58.1 Å². The predicted molar refractivity (Wildman–Crippen MR) is 117 cm³/mol. The largest absolute Gasteiger partial charge is 0.439 e. The number of hydrogen-bond acceptors (Lipinski definition) is 7. The first-order chi connectivity index (χ1) is 14.6. The van der Waals surface area contributed by atoms with E-state index in [2.05, 4.69) is 0 Å². The van der Waals surface area contributed by atoms with Gasteiger partial charge in [-0.05, 0) is 30.7 Å². The summed E-state index contributed by atoms with van der Waals surface area (Å²) in [5, 5.41) is 1.86. The topological polar surface area (TPSA) is 80.1 Å². The van der Waals surface area contributed by atoms with Crippen LogP contribution < -0.4 is 15.2 Å². The lowest BCUT2D eigenvalue weighted by molar-refractivity contribution is -0.118. The van der Waals surface area contributed by atoms with Crippen LogP contribution in [-0.2, 0) is 14.3 Å². The third-order valence-corrected chi connectivity index (χ3v) is 5.82.